The molecule has 142 valence electrons. The molecule has 7 heteroatoms. The van der Waals surface area contributed by atoms with Gasteiger partial charge in [0, 0.05) is 17.7 Å². The van der Waals surface area contributed by atoms with Crippen molar-refractivity contribution in [2.75, 3.05) is 26.1 Å². The highest BCUT2D eigenvalue weighted by Gasteiger charge is 2.14. The predicted octanol–water partition coefficient (Wildman–Crippen LogP) is 3.09. The lowest BCUT2D eigenvalue weighted by Gasteiger charge is -2.09. The predicted molar refractivity (Wildman–Crippen MR) is 99.5 cm³/mol. The number of Topliss-reactive ketones (excluding diaryl/α,β-unsaturated/α-hetero) is 1. The van der Waals surface area contributed by atoms with E-state index in [-0.39, 0.29) is 17.3 Å². The number of methoxy groups -OCH3 is 2. The summed E-state index contributed by atoms with van der Waals surface area (Å²) in [7, 11) is 2.95. The van der Waals surface area contributed by atoms with Crippen molar-refractivity contribution in [3.63, 3.8) is 0 Å². The molecule has 0 unspecified atom stereocenters. The largest absolute Gasteiger partial charge is 0.493 e. The number of ketones is 1. The number of anilines is 1. The van der Waals surface area contributed by atoms with Crippen LogP contribution in [0.4, 0.5) is 5.69 Å². The van der Waals surface area contributed by atoms with E-state index < -0.39 is 12.6 Å². The second-order valence-corrected chi connectivity index (χ2v) is 5.55. The molecule has 0 spiro atoms. The van der Waals surface area contributed by atoms with Gasteiger partial charge in [0.15, 0.2) is 23.9 Å². The Hall–Kier alpha value is -3.35. The molecule has 1 N–H and O–H groups in total. The summed E-state index contributed by atoms with van der Waals surface area (Å²) in [6, 6.07) is 11.0. The lowest BCUT2D eigenvalue weighted by molar-refractivity contribution is -0.115. The first-order chi connectivity index (χ1) is 13.0. The number of rotatable bonds is 8. The topological polar surface area (TPSA) is 90.9 Å². The Morgan fingerprint density at radius 3 is 2.11 bits per heavy atom. The van der Waals surface area contributed by atoms with Crippen molar-refractivity contribution >= 4 is 23.3 Å². The van der Waals surface area contributed by atoms with Gasteiger partial charge in [-0.25, -0.2) is 4.79 Å². The van der Waals surface area contributed by atoms with Crippen LogP contribution < -0.4 is 14.8 Å². The fourth-order valence-corrected chi connectivity index (χ4v) is 2.25. The van der Waals surface area contributed by atoms with Crippen LogP contribution in [0, 0.1) is 0 Å². The lowest BCUT2D eigenvalue weighted by atomic mass is 10.1. The summed E-state index contributed by atoms with van der Waals surface area (Å²) in [6.07, 6.45) is 0.368. The molecule has 2 aromatic carbocycles. The van der Waals surface area contributed by atoms with Gasteiger partial charge in [-0.05, 0) is 42.5 Å². The van der Waals surface area contributed by atoms with Crippen molar-refractivity contribution in [2.24, 2.45) is 0 Å². The van der Waals surface area contributed by atoms with Gasteiger partial charge in [-0.3, -0.25) is 9.59 Å². The number of carbonyl (C=O) groups excluding carboxylic acids is 3. The summed E-state index contributed by atoms with van der Waals surface area (Å²) in [5, 5.41) is 2.69. The molecule has 0 aliphatic heterocycles. The monoisotopic (exact) mass is 371 g/mol. The van der Waals surface area contributed by atoms with E-state index in [0.29, 0.717) is 29.2 Å². The highest BCUT2D eigenvalue weighted by molar-refractivity contribution is 6.00. The normalized spacial score (nSPS) is 10.0. The first-order valence-electron chi connectivity index (χ1n) is 8.30. The molecule has 0 heterocycles. The van der Waals surface area contributed by atoms with Gasteiger partial charge >= 0.3 is 5.97 Å². The van der Waals surface area contributed by atoms with E-state index >= 15 is 0 Å². The molecule has 0 saturated carbocycles. The van der Waals surface area contributed by atoms with Gasteiger partial charge in [0.05, 0.1) is 19.8 Å². The fourth-order valence-electron chi connectivity index (χ4n) is 2.25. The zero-order chi connectivity index (χ0) is 19.8. The quantitative estimate of drug-likeness (QED) is 0.566. The molecule has 0 aromatic heterocycles. The molecule has 0 saturated heterocycles. The maximum Gasteiger partial charge on any atom is 0.338 e. The van der Waals surface area contributed by atoms with Crippen LogP contribution in [0.2, 0.25) is 0 Å². The number of amides is 1. The van der Waals surface area contributed by atoms with Crippen LogP contribution >= 0.6 is 0 Å². The third kappa shape index (κ3) is 5.31. The lowest BCUT2D eigenvalue weighted by Crippen LogP contribution is -2.15. The van der Waals surface area contributed by atoms with Crippen molar-refractivity contribution in [2.45, 2.75) is 13.3 Å². The van der Waals surface area contributed by atoms with E-state index in [9.17, 15) is 14.4 Å². The Bertz CT molecular complexity index is 829. The Morgan fingerprint density at radius 1 is 0.889 bits per heavy atom. The van der Waals surface area contributed by atoms with Crippen LogP contribution in [0.1, 0.15) is 34.1 Å². The van der Waals surface area contributed by atoms with Crippen LogP contribution in [0.3, 0.4) is 0 Å². The molecule has 2 aromatic rings. The number of hydrogen-bond donors (Lipinski definition) is 1. The summed E-state index contributed by atoms with van der Waals surface area (Å²) < 4.78 is 15.3. The van der Waals surface area contributed by atoms with E-state index in [1.165, 1.54) is 26.4 Å². The van der Waals surface area contributed by atoms with Crippen LogP contribution in [0.15, 0.2) is 42.5 Å². The number of benzene rings is 2. The molecular formula is C20H21NO6. The van der Waals surface area contributed by atoms with Gasteiger partial charge in [-0.1, -0.05) is 6.92 Å². The number of carbonyl (C=O) groups is 3. The molecular weight excluding hydrogens is 350 g/mol. The Balaban J connectivity index is 1.96. The highest BCUT2D eigenvalue weighted by atomic mass is 16.5. The average molecular weight is 371 g/mol. The fraction of sp³-hybridized carbons (Fsp3) is 0.250. The minimum absolute atomic E-state index is 0.113. The van der Waals surface area contributed by atoms with E-state index in [4.69, 9.17) is 14.2 Å². The van der Waals surface area contributed by atoms with Gasteiger partial charge < -0.3 is 19.5 Å². The summed E-state index contributed by atoms with van der Waals surface area (Å²) >= 11 is 0. The maximum atomic E-state index is 12.2. The average Bonchev–Trinajstić information content (AvgIpc) is 2.71. The molecule has 2 rings (SSSR count). The van der Waals surface area contributed by atoms with Crippen molar-refractivity contribution < 1.29 is 28.6 Å². The minimum Gasteiger partial charge on any atom is -0.493 e. The first-order valence-corrected chi connectivity index (χ1v) is 8.30. The summed E-state index contributed by atoms with van der Waals surface area (Å²) in [5.74, 6) is -0.227. The van der Waals surface area contributed by atoms with E-state index in [0.717, 1.165) is 0 Å². The third-order valence-corrected chi connectivity index (χ3v) is 3.77. The van der Waals surface area contributed by atoms with E-state index in [2.05, 4.69) is 5.32 Å². The second-order valence-electron chi connectivity index (χ2n) is 5.55. The Kier molecular flexibility index (Phi) is 6.93. The van der Waals surface area contributed by atoms with Crippen molar-refractivity contribution in [1.82, 2.24) is 0 Å². The van der Waals surface area contributed by atoms with Crippen LogP contribution in [-0.4, -0.2) is 38.5 Å². The minimum atomic E-state index is -0.642. The van der Waals surface area contributed by atoms with Gasteiger partial charge in [0.1, 0.15) is 0 Å². The van der Waals surface area contributed by atoms with Gasteiger partial charge in [-0.15, -0.1) is 0 Å². The molecule has 1 amide bonds. The van der Waals surface area contributed by atoms with Crippen molar-refractivity contribution in [3.8, 4) is 11.5 Å². The summed E-state index contributed by atoms with van der Waals surface area (Å²) in [5.41, 5.74) is 1.23. The molecule has 0 bridgehead atoms. The maximum absolute atomic E-state index is 12.2. The van der Waals surface area contributed by atoms with Gasteiger partial charge in [0.25, 0.3) is 0 Å². The van der Waals surface area contributed by atoms with Crippen molar-refractivity contribution in [3.05, 3.63) is 53.6 Å². The van der Waals surface area contributed by atoms with E-state index in [1.807, 2.05) is 0 Å². The SMILES string of the molecule is CCC(=O)Nc1ccc(C(=O)COC(=O)c2ccc(OC)c(OC)c2)cc1. The number of hydrogen-bond acceptors (Lipinski definition) is 6. The third-order valence-electron chi connectivity index (χ3n) is 3.77. The van der Waals surface area contributed by atoms with E-state index in [1.54, 1.807) is 37.3 Å². The molecule has 7 nitrogen and oxygen atoms in total. The standard InChI is InChI=1S/C20H21NO6/c1-4-19(23)21-15-8-5-13(6-9-15)16(22)12-27-20(24)14-7-10-17(25-2)18(11-14)26-3/h5-11H,4,12H2,1-3H3,(H,21,23). The molecule has 0 fully saturated rings. The Labute approximate surface area is 157 Å². The second kappa shape index (κ2) is 9.38. The number of nitrogens with one attached hydrogen (secondary N) is 1. The molecule has 0 aliphatic rings. The van der Waals surface area contributed by atoms with Gasteiger partial charge in [-0.2, -0.15) is 0 Å². The molecule has 0 radical (unpaired) electrons. The smallest absolute Gasteiger partial charge is 0.338 e. The van der Waals surface area contributed by atoms with Crippen molar-refractivity contribution in [1.29, 1.82) is 0 Å². The molecule has 27 heavy (non-hydrogen) atoms. The zero-order valence-electron chi connectivity index (χ0n) is 15.4. The van der Waals surface area contributed by atoms with Crippen LogP contribution in [0.25, 0.3) is 0 Å². The first kappa shape index (κ1) is 20.0. The zero-order valence-corrected chi connectivity index (χ0v) is 15.4. The number of esters is 1. The summed E-state index contributed by atoms with van der Waals surface area (Å²) in [4.78, 5) is 35.7. The molecule has 0 atom stereocenters. The van der Waals surface area contributed by atoms with Crippen LogP contribution in [0.5, 0.6) is 11.5 Å². The summed E-state index contributed by atoms with van der Waals surface area (Å²) in [6.45, 7) is 1.35. The Morgan fingerprint density at radius 2 is 1.52 bits per heavy atom. The number of ether oxygens (including phenoxy) is 3. The van der Waals surface area contributed by atoms with Crippen LogP contribution in [-0.2, 0) is 9.53 Å². The van der Waals surface area contributed by atoms with Gasteiger partial charge in [0.2, 0.25) is 5.91 Å². The highest BCUT2D eigenvalue weighted by Crippen LogP contribution is 2.27. The molecule has 0 aliphatic carbocycles.